The summed E-state index contributed by atoms with van der Waals surface area (Å²) >= 11 is 8.13. The molecular weight excluding hydrogens is 435 g/mol. The van der Waals surface area contributed by atoms with Gasteiger partial charge in [-0.3, -0.25) is 14.5 Å². The van der Waals surface area contributed by atoms with Gasteiger partial charge < -0.3 is 0 Å². The van der Waals surface area contributed by atoms with Crippen LogP contribution in [0.5, 0.6) is 0 Å². The molecular formula is C24H18ClFN2O2S. The predicted molar refractivity (Wildman–Crippen MR) is 122 cm³/mol. The molecule has 2 amide bonds. The van der Waals surface area contributed by atoms with Gasteiger partial charge in [-0.05, 0) is 25.0 Å². The maximum atomic E-state index is 14.9. The molecule has 0 aliphatic carbocycles. The smallest absolute Gasteiger partial charge is 0.230 e. The van der Waals surface area contributed by atoms with E-state index in [0.717, 1.165) is 27.5 Å². The highest BCUT2D eigenvalue weighted by Crippen LogP contribution is 2.45. The summed E-state index contributed by atoms with van der Waals surface area (Å²) in [6, 6.07) is 11.6. The van der Waals surface area contributed by atoms with Crippen LogP contribution < -0.4 is 0 Å². The quantitative estimate of drug-likeness (QED) is 0.349. The van der Waals surface area contributed by atoms with Crippen LogP contribution in [-0.2, 0) is 16.1 Å². The Balaban J connectivity index is 1.82. The molecule has 0 unspecified atom stereocenters. The zero-order chi connectivity index (χ0) is 21.9. The van der Waals surface area contributed by atoms with Gasteiger partial charge in [0.05, 0.1) is 22.0 Å². The molecule has 5 rings (SSSR count). The standard InChI is InChI=1S/C24H18ClFN2O2S/c1-12-3-6-14(7-4-12)19-20-15-8-5-13(2)22(26)23(15)31-24(20)27-16(21(19)25)11-28-17(29)9-10-18(28)30/h3-8H,9-11H2,1-2H3. The van der Waals surface area contributed by atoms with E-state index in [2.05, 4.69) is 0 Å². The highest BCUT2D eigenvalue weighted by molar-refractivity contribution is 7.25. The van der Waals surface area contributed by atoms with Gasteiger partial charge in [-0.2, -0.15) is 0 Å². The average molecular weight is 453 g/mol. The minimum absolute atomic E-state index is 0.0149. The number of pyridine rings is 1. The molecule has 1 aliphatic rings. The fraction of sp³-hybridized carbons (Fsp3) is 0.208. The molecule has 0 saturated carbocycles. The van der Waals surface area contributed by atoms with Gasteiger partial charge in [0, 0.05) is 29.2 Å². The van der Waals surface area contributed by atoms with Crippen LogP contribution in [0.1, 0.15) is 29.7 Å². The normalized spacial score (nSPS) is 14.4. The number of aryl methyl sites for hydroxylation is 2. The number of thiophene rings is 1. The van der Waals surface area contributed by atoms with Crippen LogP contribution in [0.25, 0.3) is 31.4 Å². The Morgan fingerprint density at radius 2 is 1.74 bits per heavy atom. The summed E-state index contributed by atoms with van der Waals surface area (Å²) in [7, 11) is 0. The lowest BCUT2D eigenvalue weighted by molar-refractivity contribution is -0.139. The van der Waals surface area contributed by atoms with Crippen molar-refractivity contribution in [3.05, 3.63) is 64.1 Å². The van der Waals surface area contributed by atoms with Crippen LogP contribution in [0.2, 0.25) is 5.02 Å². The molecule has 1 aliphatic heterocycles. The Labute approximate surface area is 187 Å². The number of rotatable bonds is 3. The van der Waals surface area contributed by atoms with Crippen molar-refractivity contribution < 1.29 is 14.0 Å². The molecule has 156 valence electrons. The topological polar surface area (TPSA) is 50.3 Å². The number of fused-ring (bicyclic) bond motifs is 3. The number of likely N-dealkylation sites (tertiary alicyclic amines) is 1. The summed E-state index contributed by atoms with van der Waals surface area (Å²) in [5.41, 5.74) is 3.74. The monoisotopic (exact) mass is 452 g/mol. The van der Waals surface area contributed by atoms with Gasteiger partial charge >= 0.3 is 0 Å². The van der Waals surface area contributed by atoms with Crippen LogP contribution in [0.4, 0.5) is 4.39 Å². The molecule has 0 spiro atoms. The van der Waals surface area contributed by atoms with Gasteiger partial charge in [0.1, 0.15) is 10.6 Å². The first kappa shape index (κ1) is 20.1. The number of benzene rings is 2. The molecule has 31 heavy (non-hydrogen) atoms. The second kappa shape index (κ2) is 7.39. The molecule has 2 aromatic heterocycles. The van der Waals surface area contributed by atoms with Gasteiger partial charge in [0.25, 0.3) is 0 Å². The summed E-state index contributed by atoms with van der Waals surface area (Å²) in [6.45, 7) is 3.75. The first-order chi connectivity index (χ1) is 14.8. The number of imide groups is 1. The Hall–Kier alpha value is -2.83. The Kier molecular flexibility index (Phi) is 4.79. The lowest BCUT2D eigenvalue weighted by Crippen LogP contribution is -2.29. The molecule has 7 heteroatoms. The van der Waals surface area contributed by atoms with E-state index in [1.165, 1.54) is 16.2 Å². The first-order valence-electron chi connectivity index (χ1n) is 9.95. The van der Waals surface area contributed by atoms with Crippen LogP contribution in [0, 0.1) is 19.7 Å². The lowest BCUT2D eigenvalue weighted by Gasteiger charge is -2.17. The van der Waals surface area contributed by atoms with E-state index in [1.54, 1.807) is 13.0 Å². The molecule has 4 nitrogen and oxygen atoms in total. The summed E-state index contributed by atoms with van der Waals surface area (Å²) in [5, 5.41) is 1.92. The molecule has 1 saturated heterocycles. The Bertz CT molecular complexity index is 1380. The number of amides is 2. The zero-order valence-electron chi connectivity index (χ0n) is 17.0. The third-order valence-electron chi connectivity index (χ3n) is 5.73. The number of halogens is 2. The van der Waals surface area contributed by atoms with Gasteiger partial charge in [0.2, 0.25) is 11.8 Å². The largest absolute Gasteiger partial charge is 0.276 e. The van der Waals surface area contributed by atoms with Crippen LogP contribution in [0.3, 0.4) is 0 Å². The van der Waals surface area contributed by atoms with Crippen molar-refractivity contribution in [1.29, 1.82) is 0 Å². The molecule has 0 bridgehead atoms. The second-order valence-corrected chi connectivity index (χ2v) is 9.22. The molecule has 0 radical (unpaired) electrons. The third-order valence-corrected chi connectivity index (χ3v) is 7.23. The Morgan fingerprint density at radius 1 is 1.06 bits per heavy atom. The summed E-state index contributed by atoms with van der Waals surface area (Å²) < 4.78 is 15.4. The molecule has 1 fully saturated rings. The van der Waals surface area contributed by atoms with E-state index in [-0.39, 0.29) is 37.0 Å². The number of aromatic nitrogens is 1. The van der Waals surface area contributed by atoms with E-state index in [1.807, 2.05) is 37.3 Å². The van der Waals surface area contributed by atoms with E-state index in [9.17, 15) is 14.0 Å². The number of hydrogen-bond donors (Lipinski definition) is 0. The van der Waals surface area contributed by atoms with Crippen molar-refractivity contribution in [2.45, 2.75) is 33.2 Å². The lowest BCUT2D eigenvalue weighted by atomic mass is 9.98. The summed E-state index contributed by atoms with van der Waals surface area (Å²) in [5.74, 6) is -0.714. The SMILES string of the molecule is Cc1ccc(-c2c(Cl)c(CN3C(=O)CCC3=O)nc3sc4c(F)c(C)ccc4c23)cc1. The molecule has 3 heterocycles. The summed E-state index contributed by atoms with van der Waals surface area (Å²) in [6.07, 6.45) is 0.410. The van der Waals surface area contributed by atoms with E-state index >= 15 is 0 Å². The number of hydrogen-bond acceptors (Lipinski definition) is 4. The summed E-state index contributed by atoms with van der Waals surface area (Å²) in [4.78, 5) is 30.9. The zero-order valence-corrected chi connectivity index (χ0v) is 18.5. The molecule has 4 aromatic rings. The minimum Gasteiger partial charge on any atom is -0.276 e. The van der Waals surface area contributed by atoms with E-state index < -0.39 is 0 Å². The van der Waals surface area contributed by atoms with Gasteiger partial charge in [-0.1, -0.05) is 53.6 Å². The predicted octanol–water partition coefficient (Wildman–Crippen LogP) is 6.17. The van der Waals surface area contributed by atoms with Crippen molar-refractivity contribution in [1.82, 2.24) is 9.88 Å². The molecule has 2 aromatic carbocycles. The number of nitrogens with zero attached hydrogens (tertiary/aromatic N) is 2. The van der Waals surface area contributed by atoms with Gasteiger partial charge in [-0.15, -0.1) is 11.3 Å². The number of carbonyl (C=O) groups excluding carboxylic acids is 2. The maximum absolute atomic E-state index is 14.9. The van der Waals surface area contributed by atoms with Crippen molar-refractivity contribution in [3.63, 3.8) is 0 Å². The van der Waals surface area contributed by atoms with Gasteiger partial charge in [-0.25, -0.2) is 9.37 Å². The van der Waals surface area contributed by atoms with Crippen LogP contribution in [0.15, 0.2) is 36.4 Å². The fourth-order valence-electron chi connectivity index (χ4n) is 4.01. The maximum Gasteiger partial charge on any atom is 0.230 e. The first-order valence-corrected chi connectivity index (χ1v) is 11.1. The second-order valence-electron chi connectivity index (χ2n) is 7.84. The highest BCUT2D eigenvalue weighted by Gasteiger charge is 2.31. The number of carbonyl (C=O) groups is 2. The van der Waals surface area contributed by atoms with Crippen LogP contribution >= 0.6 is 22.9 Å². The molecule has 0 atom stereocenters. The van der Waals surface area contributed by atoms with Crippen molar-refractivity contribution >= 4 is 55.1 Å². The fourth-order valence-corrected chi connectivity index (χ4v) is 5.50. The van der Waals surface area contributed by atoms with Gasteiger partial charge in [0.15, 0.2) is 0 Å². The highest BCUT2D eigenvalue weighted by atomic mass is 35.5. The third kappa shape index (κ3) is 3.22. The molecule has 0 N–H and O–H groups in total. The Morgan fingerprint density at radius 3 is 2.42 bits per heavy atom. The minimum atomic E-state index is -0.266. The van der Waals surface area contributed by atoms with Crippen molar-refractivity contribution in [3.8, 4) is 11.1 Å². The average Bonchev–Trinajstić information content (AvgIpc) is 3.27. The van der Waals surface area contributed by atoms with Crippen LogP contribution in [-0.4, -0.2) is 21.7 Å². The van der Waals surface area contributed by atoms with E-state index in [0.29, 0.717) is 25.8 Å². The van der Waals surface area contributed by atoms with Crippen molar-refractivity contribution in [2.75, 3.05) is 0 Å². The van der Waals surface area contributed by atoms with Crippen molar-refractivity contribution in [2.24, 2.45) is 0 Å². The van der Waals surface area contributed by atoms with E-state index in [4.69, 9.17) is 16.6 Å².